The molecule has 6 aromatic carbocycles. The number of rotatable bonds is 5. The van der Waals surface area contributed by atoms with Crippen LogP contribution in [0.5, 0.6) is 0 Å². The first kappa shape index (κ1) is 34.5. The van der Waals surface area contributed by atoms with E-state index in [1.807, 2.05) is 0 Å². The first-order valence-corrected chi connectivity index (χ1v) is 21.5. The highest BCUT2D eigenvalue weighted by molar-refractivity contribution is 6.12. The van der Waals surface area contributed by atoms with Gasteiger partial charge in [0.15, 0.2) is 0 Å². The van der Waals surface area contributed by atoms with Crippen LogP contribution in [-0.4, -0.2) is 15.7 Å². The quantitative estimate of drug-likeness (QED) is 0.173. The van der Waals surface area contributed by atoms with Gasteiger partial charge in [-0.1, -0.05) is 135 Å². The fourth-order valence-corrected chi connectivity index (χ4v) is 11.5. The van der Waals surface area contributed by atoms with Gasteiger partial charge in [-0.3, -0.25) is 0 Å². The van der Waals surface area contributed by atoms with Crippen molar-refractivity contribution >= 4 is 49.2 Å². The van der Waals surface area contributed by atoms with Crippen LogP contribution < -0.4 is 5.32 Å². The van der Waals surface area contributed by atoms with Crippen LogP contribution in [-0.2, 0) is 0 Å². The molecule has 0 spiro atoms. The summed E-state index contributed by atoms with van der Waals surface area (Å²) in [6.45, 7) is 5.83. The van der Waals surface area contributed by atoms with Gasteiger partial charge in [-0.15, -0.1) is 0 Å². The molecule has 0 saturated heterocycles. The second-order valence-electron chi connectivity index (χ2n) is 17.7. The molecule has 4 atom stereocenters. The van der Waals surface area contributed by atoms with Gasteiger partial charge in [0.05, 0.1) is 17.1 Å². The molecule has 3 aliphatic carbocycles. The van der Waals surface area contributed by atoms with Crippen molar-refractivity contribution in [2.45, 2.75) is 32.7 Å². The number of nitrogens with one attached hydrogen (secondary N) is 1. The van der Waals surface area contributed by atoms with Crippen molar-refractivity contribution < 1.29 is 0 Å². The molecule has 0 amide bonds. The van der Waals surface area contributed by atoms with Gasteiger partial charge in [-0.25, -0.2) is 0 Å². The lowest BCUT2D eigenvalue weighted by atomic mass is 9.71. The molecular weight excluding hydrogens is 715 g/mol. The summed E-state index contributed by atoms with van der Waals surface area (Å²) in [4.78, 5) is 0. The molecule has 1 fully saturated rings. The molecule has 1 N–H and O–H groups in total. The summed E-state index contributed by atoms with van der Waals surface area (Å²) in [5.41, 5.74) is 15.6. The molecule has 8 aromatic rings. The topological polar surface area (TPSA) is 21.9 Å². The number of allylic oxidation sites excluding steroid dienone is 8. The maximum atomic E-state index is 3.32. The maximum Gasteiger partial charge on any atom is 0.0541 e. The molecule has 4 unspecified atom stereocenters. The second kappa shape index (κ2) is 13.2. The summed E-state index contributed by atoms with van der Waals surface area (Å²) in [6, 6.07) is 50.4. The molecule has 3 heterocycles. The normalized spacial score (nSPS) is 21.8. The summed E-state index contributed by atoms with van der Waals surface area (Å²) in [5.74, 6) is 1.74. The summed E-state index contributed by atoms with van der Waals surface area (Å²) in [7, 11) is 0. The van der Waals surface area contributed by atoms with Crippen LogP contribution in [0.4, 0.5) is 0 Å². The molecule has 4 aliphatic rings. The zero-order valence-electron chi connectivity index (χ0n) is 33.6. The number of nitrogens with zero attached hydrogens (tertiary/aromatic N) is 2. The number of aromatic nitrogens is 2. The Kier molecular flexibility index (Phi) is 7.72. The van der Waals surface area contributed by atoms with Crippen molar-refractivity contribution in [3.63, 3.8) is 0 Å². The molecule has 12 rings (SSSR count). The Hall–Kier alpha value is -6.58. The molecule has 0 radical (unpaired) electrons. The molecule has 1 saturated carbocycles. The van der Waals surface area contributed by atoms with Gasteiger partial charge in [0.2, 0.25) is 0 Å². The third-order valence-electron chi connectivity index (χ3n) is 14.3. The van der Waals surface area contributed by atoms with Gasteiger partial charge in [0.1, 0.15) is 0 Å². The van der Waals surface area contributed by atoms with Gasteiger partial charge in [0.25, 0.3) is 0 Å². The number of fused-ring (bicyclic) bond motifs is 9. The van der Waals surface area contributed by atoms with Crippen molar-refractivity contribution in [2.24, 2.45) is 23.2 Å². The fourth-order valence-electron chi connectivity index (χ4n) is 11.5. The smallest absolute Gasteiger partial charge is 0.0541 e. The zero-order valence-corrected chi connectivity index (χ0v) is 33.6. The van der Waals surface area contributed by atoms with Crippen molar-refractivity contribution in [3.05, 3.63) is 193 Å². The van der Waals surface area contributed by atoms with E-state index < -0.39 is 0 Å². The Morgan fingerprint density at radius 3 is 2.03 bits per heavy atom. The Morgan fingerprint density at radius 1 is 0.576 bits per heavy atom. The number of dihydropyridines is 1. The van der Waals surface area contributed by atoms with E-state index in [2.05, 4.69) is 210 Å². The minimum atomic E-state index is 0.281. The summed E-state index contributed by atoms with van der Waals surface area (Å²) in [6.07, 6.45) is 21.1. The monoisotopic (exact) mass is 761 g/mol. The second-order valence-corrected chi connectivity index (χ2v) is 17.7. The Bertz CT molecular complexity index is 3160. The van der Waals surface area contributed by atoms with Crippen LogP contribution >= 0.6 is 0 Å². The highest BCUT2D eigenvalue weighted by atomic mass is 15.0. The molecule has 1 aliphatic heterocycles. The van der Waals surface area contributed by atoms with E-state index in [9.17, 15) is 0 Å². The van der Waals surface area contributed by atoms with Crippen LogP contribution in [0, 0.1) is 23.2 Å². The molecule has 2 aromatic heterocycles. The lowest BCUT2D eigenvalue weighted by Crippen LogP contribution is -2.27. The third kappa shape index (κ3) is 5.34. The van der Waals surface area contributed by atoms with Gasteiger partial charge < -0.3 is 14.5 Å². The standard InChI is InChI=1S/C56H47N3/c1-56(2)50-17-9-6-14-44(50)47-35-42(22-23-51(47)56)58-52-18-10-7-15-45(52)48-33-38(20-24-54(48)58)39-21-25-55-49(34-39)46-16-8-11-19-53(46)59(55)43-31-40(36-12-4-3-5-13-36)30-41(32-43)37-26-28-57-29-27-37/h3-21,24-28,30-35,42,44,50-51,57H,22-23,29H2,1-2H3. The lowest BCUT2D eigenvalue weighted by Gasteiger charge is -2.35. The molecule has 59 heavy (non-hydrogen) atoms. The van der Waals surface area contributed by atoms with Gasteiger partial charge in [-0.2, -0.15) is 0 Å². The van der Waals surface area contributed by atoms with E-state index in [4.69, 9.17) is 0 Å². The van der Waals surface area contributed by atoms with Crippen LogP contribution in [0.25, 0.3) is 77.1 Å². The van der Waals surface area contributed by atoms with E-state index >= 15 is 0 Å². The van der Waals surface area contributed by atoms with Crippen molar-refractivity contribution in [1.29, 1.82) is 0 Å². The molecule has 3 nitrogen and oxygen atoms in total. The summed E-state index contributed by atoms with van der Waals surface area (Å²) < 4.78 is 5.12. The largest absolute Gasteiger partial charge is 0.387 e. The lowest BCUT2D eigenvalue weighted by molar-refractivity contribution is 0.199. The Labute approximate surface area is 346 Å². The minimum Gasteiger partial charge on any atom is -0.387 e. The van der Waals surface area contributed by atoms with Crippen molar-refractivity contribution in [1.82, 2.24) is 14.5 Å². The predicted molar refractivity (Wildman–Crippen MR) is 249 cm³/mol. The SMILES string of the molecule is CC1(C)C2CCC(n3c4ccccc4c4cc(-c5ccc6c(c5)c5ccccc5n6-c5cc(C6=CCNC=C6)cc(-c6ccccc6)c5)ccc43)C=C2C2C=CC=CC21. The van der Waals surface area contributed by atoms with Crippen LogP contribution in [0.15, 0.2) is 188 Å². The fraction of sp³-hybridized carbons (Fsp3) is 0.179. The highest BCUT2D eigenvalue weighted by Crippen LogP contribution is 2.60. The van der Waals surface area contributed by atoms with Gasteiger partial charge in [0, 0.05) is 50.7 Å². The molecule has 286 valence electrons. The minimum absolute atomic E-state index is 0.281. The Balaban J connectivity index is 0.987. The average molecular weight is 762 g/mol. The first-order valence-electron chi connectivity index (χ1n) is 21.5. The predicted octanol–water partition coefficient (Wildman–Crippen LogP) is 14.0. The summed E-state index contributed by atoms with van der Waals surface area (Å²) >= 11 is 0. The number of hydrogen-bond acceptors (Lipinski definition) is 1. The maximum absolute atomic E-state index is 3.32. The van der Waals surface area contributed by atoms with Crippen molar-refractivity contribution in [2.75, 3.05) is 6.54 Å². The van der Waals surface area contributed by atoms with Crippen LogP contribution in [0.2, 0.25) is 0 Å². The number of hydrogen-bond donors (Lipinski definition) is 1. The van der Waals surface area contributed by atoms with Crippen molar-refractivity contribution in [3.8, 4) is 27.9 Å². The molecule has 0 bridgehead atoms. The van der Waals surface area contributed by atoms with Gasteiger partial charge >= 0.3 is 0 Å². The molecule has 3 heteroatoms. The van der Waals surface area contributed by atoms with E-state index in [-0.39, 0.29) is 5.41 Å². The number of benzene rings is 6. The molecular formula is C56H47N3. The summed E-state index contributed by atoms with van der Waals surface area (Å²) in [5, 5.41) is 8.52. The van der Waals surface area contributed by atoms with E-state index in [1.54, 1.807) is 5.57 Å². The third-order valence-corrected chi connectivity index (χ3v) is 14.3. The van der Waals surface area contributed by atoms with E-state index in [1.165, 1.54) is 95.5 Å². The average Bonchev–Trinajstić information content (AvgIpc) is 3.89. The van der Waals surface area contributed by atoms with Gasteiger partial charge in [-0.05, 0) is 130 Å². The first-order chi connectivity index (χ1) is 29.0. The Morgan fingerprint density at radius 2 is 1.24 bits per heavy atom. The van der Waals surface area contributed by atoms with Crippen LogP contribution in [0.1, 0.15) is 38.3 Å². The van der Waals surface area contributed by atoms with E-state index in [0.717, 1.165) is 6.54 Å². The van der Waals surface area contributed by atoms with Crippen LogP contribution in [0.3, 0.4) is 0 Å². The van der Waals surface area contributed by atoms with E-state index in [0.29, 0.717) is 23.8 Å². The zero-order chi connectivity index (χ0) is 39.2. The number of para-hydroxylation sites is 2. The highest BCUT2D eigenvalue weighted by Gasteiger charge is 2.51.